The summed E-state index contributed by atoms with van der Waals surface area (Å²) in [6.45, 7) is 4.40. The van der Waals surface area contributed by atoms with Crippen molar-refractivity contribution < 1.29 is 19.4 Å². The van der Waals surface area contributed by atoms with Gasteiger partial charge in [0.2, 0.25) is 0 Å². The van der Waals surface area contributed by atoms with Crippen molar-refractivity contribution in [1.82, 2.24) is 9.80 Å². The van der Waals surface area contributed by atoms with Crippen LogP contribution in [0.15, 0.2) is 12.7 Å². The molecule has 0 radical (unpaired) electrons. The molecule has 0 atom stereocenters. The average molecular weight is 230 g/mol. The lowest BCUT2D eigenvalue weighted by molar-refractivity contribution is -0.137. The molecule has 0 aromatic rings. The summed E-state index contributed by atoms with van der Waals surface area (Å²) in [5.41, 5.74) is 0. The Morgan fingerprint density at radius 1 is 1.50 bits per heavy atom. The molecule has 6 heteroatoms. The number of rotatable bonds is 7. The summed E-state index contributed by atoms with van der Waals surface area (Å²) >= 11 is 0. The largest absolute Gasteiger partial charge is 0.480 e. The molecule has 1 N–H and O–H groups in total. The summed E-state index contributed by atoms with van der Waals surface area (Å²) in [5, 5.41) is 8.56. The fourth-order valence-corrected chi connectivity index (χ4v) is 1.13. The number of carboxylic acids is 1. The van der Waals surface area contributed by atoms with E-state index in [1.165, 1.54) is 19.1 Å². The highest BCUT2D eigenvalue weighted by molar-refractivity contribution is 5.80. The third kappa shape index (κ3) is 5.35. The van der Waals surface area contributed by atoms with E-state index < -0.39 is 5.97 Å². The van der Waals surface area contributed by atoms with Crippen LogP contribution in [0, 0.1) is 0 Å². The van der Waals surface area contributed by atoms with Crippen LogP contribution < -0.4 is 0 Å². The lowest BCUT2D eigenvalue weighted by Crippen LogP contribution is -2.44. The molecule has 0 unspecified atom stereocenters. The Morgan fingerprint density at radius 3 is 2.56 bits per heavy atom. The molecule has 2 amide bonds. The van der Waals surface area contributed by atoms with Gasteiger partial charge >= 0.3 is 12.0 Å². The number of carboxylic acid groups (broad SMARTS) is 1. The highest BCUT2D eigenvalue weighted by Crippen LogP contribution is 1.97. The highest BCUT2D eigenvalue weighted by atomic mass is 16.5. The minimum atomic E-state index is -1.04. The minimum Gasteiger partial charge on any atom is -0.480 e. The Hall–Kier alpha value is -1.56. The number of hydrogen-bond acceptors (Lipinski definition) is 3. The number of likely N-dealkylation sites (N-methyl/N-ethyl adjacent to an activating group) is 1. The zero-order chi connectivity index (χ0) is 12.6. The number of carbonyl (C=O) groups is 2. The lowest BCUT2D eigenvalue weighted by Gasteiger charge is -2.26. The molecule has 0 saturated carbocycles. The van der Waals surface area contributed by atoms with Gasteiger partial charge in [-0.25, -0.2) is 4.79 Å². The molecule has 92 valence electrons. The van der Waals surface area contributed by atoms with Gasteiger partial charge in [-0.1, -0.05) is 6.08 Å². The second-order valence-electron chi connectivity index (χ2n) is 3.26. The molecule has 0 fully saturated rings. The van der Waals surface area contributed by atoms with Crippen molar-refractivity contribution in [3.63, 3.8) is 0 Å². The predicted molar refractivity (Wildman–Crippen MR) is 59.3 cm³/mol. The summed E-state index contributed by atoms with van der Waals surface area (Å²) < 4.78 is 4.87. The van der Waals surface area contributed by atoms with Crippen molar-refractivity contribution >= 4 is 12.0 Å². The summed E-state index contributed by atoms with van der Waals surface area (Å²) in [6.07, 6.45) is 1.59. The van der Waals surface area contributed by atoms with Gasteiger partial charge in [0.05, 0.1) is 6.61 Å². The molecule has 0 rings (SSSR count). The number of amides is 2. The molecule has 0 aliphatic heterocycles. The maximum atomic E-state index is 11.8. The van der Waals surface area contributed by atoms with Gasteiger partial charge in [0, 0.05) is 27.2 Å². The topological polar surface area (TPSA) is 70.1 Å². The first-order valence-electron chi connectivity index (χ1n) is 4.84. The molecule has 0 aromatic heterocycles. The van der Waals surface area contributed by atoms with E-state index in [-0.39, 0.29) is 12.6 Å². The van der Waals surface area contributed by atoms with Crippen molar-refractivity contribution in [2.75, 3.05) is 40.4 Å². The number of ether oxygens (including phenoxy) is 1. The first-order chi connectivity index (χ1) is 7.52. The van der Waals surface area contributed by atoms with Crippen LogP contribution in [0.4, 0.5) is 4.79 Å². The SMILES string of the molecule is C=CCN(CCOC)C(=O)N(C)CC(=O)O. The molecule has 0 aliphatic rings. The smallest absolute Gasteiger partial charge is 0.323 e. The normalized spacial score (nSPS) is 9.62. The van der Waals surface area contributed by atoms with Crippen molar-refractivity contribution in [1.29, 1.82) is 0 Å². The van der Waals surface area contributed by atoms with Crippen molar-refractivity contribution in [3.05, 3.63) is 12.7 Å². The summed E-state index contributed by atoms with van der Waals surface area (Å²) in [5.74, 6) is -1.04. The van der Waals surface area contributed by atoms with E-state index in [0.717, 1.165) is 4.90 Å². The van der Waals surface area contributed by atoms with Crippen molar-refractivity contribution in [2.24, 2.45) is 0 Å². The number of aliphatic carboxylic acids is 1. The second kappa shape index (κ2) is 7.70. The first-order valence-corrected chi connectivity index (χ1v) is 4.84. The van der Waals surface area contributed by atoms with Gasteiger partial charge in [-0.15, -0.1) is 6.58 Å². The van der Waals surface area contributed by atoms with E-state index in [4.69, 9.17) is 9.84 Å². The summed E-state index contributed by atoms with van der Waals surface area (Å²) in [4.78, 5) is 24.8. The average Bonchev–Trinajstić information content (AvgIpc) is 2.22. The molecule has 0 bridgehead atoms. The standard InChI is InChI=1S/C10H18N2O4/c1-4-5-12(6-7-16-3)10(15)11(2)8-9(13)14/h4H,1,5-8H2,2-3H3,(H,13,14). The van der Waals surface area contributed by atoms with Gasteiger partial charge in [-0.2, -0.15) is 0 Å². The Labute approximate surface area is 95.1 Å². The number of methoxy groups -OCH3 is 1. The predicted octanol–water partition coefficient (Wildman–Crippen LogP) is 0.257. The summed E-state index contributed by atoms with van der Waals surface area (Å²) in [7, 11) is 2.98. The fourth-order valence-electron chi connectivity index (χ4n) is 1.13. The Kier molecular flexibility index (Phi) is 6.95. The highest BCUT2D eigenvalue weighted by Gasteiger charge is 2.18. The third-order valence-electron chi connectivity index (χ3n) is 1.88. The van der Waals surface area contributed by atoms with Crippen LogP contribution >= 0.6 is 0 Å². The molecule has 0 saturated heterocycles. The molecule has 0 heterocycles. The van der Waals surface area contributed by atoms with E-state index in [1.807, 2.05) is 0 Å². The Bertz CT molecular complexity index is 255. The van der Waals surface area contributed by atoms with Crippen LogP contribution in [0.25, 0.3) is 0 Å². The molecule has 0 aliphatic carbocycles. The van der Waals surface area contributed by atoms with Gasteiger partial charge in [-0.3, -0.25) is 4.79 Å². The monoisotopic (exact) mass is 230 g/mol. The number of hydrogen-bond donors (Lipinski definition) is 1. The van der Waals surface area contributed by atoms with Gasteiger partial charge in [0.25, 0.3) is 0 Å². The van der Waals surface area contributed by atoms with Crippen LogP contribution in [0.2, 0.25) is 0 Å². The van der Waals surface area contributed by atoms with Crippen molar-refractivity contribution in [2.45, 2.75) is 0 Å². The van der Waals surface area contributed by atoms with E-state index in [2.05, 4.69) is 6.58 Å². The van der Waals surface area contributed by atoms with Gasteiger partial charge in [-0.05, 0) is 0 Å². The molecular formula is C10H18N2O4. The van der Waals surface area contributed by atoms with E-state index in [0.29, 0.717) is 19.7 Å². The van der Waals surface area contributed by atoms with Crippen LogP contribution in [0.1, 0.15) is 0 Å². The molecule has 0 aromatic carbocycles. The van der Waals surface area contributed by atoms with Crippen LogP contribution in [0.5, 0.6) is 0 Å². The minimum absolute atomic E-state index is 0.320. The van der Waals surface area contributed by atoms with E-state index >= 15 is 0 Å². The van der Waals surface area contributed by atoms with Gasteiger partial charge in [0.1, 0.15) is 6.54 Å². The van der Waals surface area contributed by atoms with Crippen LogP contribution in [-0.4, -0.2) is 67.3 Å². The number of carbonyl (C=O) groups excluding carboxylic acids is 1. The van der Waals surface area contributed by atoms with Crippen molar-refractivity contribution in [3.8, 4) is 0 Å². The summed E-state index contributed by atoms with van der Waals surface area (Å²) in [6, 6.07) is -0.348. The molecule has 0 spiro atoms. The lowest BCUT2D eigenvalue weighted by atomic mass is 10.4. The quantitative estimate of drug-likeness (QED) is 0.637. The Balaban J connectivity index is 4.34. The molecular weight excluding hydrogens is 212 g/mol. The molecule has 16 heavy (non-hydrogen) atoms. The second-order valence-corrected chi connectivity index (χ2v) is 3.26. The molecule has 6 nitrogen and oxygen atoms in total. The first kappa shape index (κ1) is 14.4. The maximum absolute atomic E-state index is 11.8. The van der Waals surface area contributed by atoms with Crippen LogP contribution in [-0.2, 0) is 9.53 Å². The van der Waals surface area contributed by atoms with Gasteiger partial charge in [0.15, 0.2) is 0 Å². The Morgan fingerprint density at radius 2 is 2.12 bits per heavy atom. The zero-order valence-electron chi connectivity index (χ0n) is 9.68. The number of nitrogens with zero attached hydrogens (tertiary/aromatic N) is 2. The zero-order valence-corrected chi connectivity index (χ0v) is 9.68. The number of urea groups is 1. The van der Waals surface area contributed by atoms with Crippen LogP contribution in [0.3, 0.4) is 0 Å². The van der Waals surface area contributed by atoms with E-state index in [9.17, 15) is 9.59 Å². The third-order valence-corrected chi connectivity index (χ3v) is 1.88. The maximum Gasteiger partial charge on any atom is 0.323 e. The van der Waals surface area contributed by atoms with Gasteiger partial charge < -0.3 is 19.6 Å². The van der Waals surface area contributed by atoms with E-state index in [1.54, 1.807) is 6.08 Å². The fraction of sp³-hybridized carbons (Fsp3) is 0.600.